The van der Waals surface area contributed by atoms with Crippen LogP contribution < -0.4 is 10.9 Å². The van der Waals surface area contributed by atoms with Crippen molar-refractivity contribution in [1.29, 1.82) is 0 Å². The van der Waals surface area contributed by atoms with Gasteiger partial charge >= 0.3 is 0 Å². The van der Waals surface area contributed by atoms with Gasteiger partial charge in [-0.05, 0) is 82.2 Å². The van der Waals surface area contributed by atoms with Gasteiger partial charge in [0.25, 0.3) is 5.56 Å². The lowest BCUT2D eigenvalue weighted by Crippen LogP contribution is -2.24. The van der Waals surface area contributed by atoms with Gasteiger partial charge in [-0.1, -0.05) is 24.3 Å². The first-order valence-electron chi connectivity index (χ1n) is 13.8. The molecule has 0 saturated heterocycles. The van der Waals surface area contributed by atoms with Crippen LogP contribution in [0.1, 0.15) is 31.7 Å². The lowest BCUT2D eigenvalue weighted by Gasteiger charge is -2.25. The fraction of sp³-hybridized carbons (Fsp3) is 0.323. The summed E-state index contributed by atoms with van der Waals surface area (Å²) in [5.41, 5.74) is 3.02. The van der Waals surface area contributed by atoms with Crippen molar-refractivity contribution in [2.75, 3.05) is 26.0 Å². The van der Waals surface area contributed by atoms with Crippen molar-refractivity contribution in [2.45, 2.75) is 44.9 Å². The molecular weight excluding hydrogens is 502 g/mol. The van der Waals surface area contributed by atoms with Crippen LogP contribution in [0.15, 0.2) is 77.9 Å². The molecule has 206 valence electrons. The first-order chi connectivity index (χ1) is 19.3. The zero-order valence-electron chi connectivity index (χ0n) is 23.2. The summed E-state index contributed by atoms with van der Waals surface area (Å²) in [5.74, 6) is 0.407. The van der Waals surface area contributed by atoms with Gasteiger partial charge < -0.3 is 19.9 Å². The van der Waals surface area contributed by atoms with Crippen molar-refractivity contribution in [3.05, 3.63) is 89.0 Å². The minimum absolute atomic E-state index is 0.152. The summed E-state index contributed by atoms with van der Waals surface area (Å²) < 4.78 is 5.77. The van der Waals surface area contributed by atoms with Gasteiger partial charge in [0.1, 0.15) is 5.39 Å². The highest BCUT2D eigenvalue weighted by Gasteiger charge is 2.24. The number of aliphatic hydroxyl groups is 1. The fourth-order valence-electron chi connectivity index (χ4n) is 5.40. The Bertz CT molecular complexity index is 1770. The Balaban J connectivity index is 1.40. The minimum atomic E-state index is -0.969. The number of benzene rings is 2. The van der Waals surface area contributed by atoms with Crippen molar-refractivity contribution >= 4 is 33.6 Å². The number of allylic oxidation sites excluding steroid dienone is 2. The van der Waals surface area contributed by atoms with E-state index >= 15 is 0 Å². The molecule has 3 aromatic heterocycles. The van der Waals surface area contributed by atoms with E-state index in [1.807, 2.05) is 48.0 Å². The molecule has 2 bridgehead atoms. The number of hydrogen-bond acceptors (Lipinski definition) is 6. The lowest BCUT2D eigenvalue weighted by molar-refractivity contribution is 0.0458. The number of nitrogens with one attached hydrogen (secondary N) is 1. The Labute approximate surface area is 233 Å². The molecule has 40 heavy (non-hydrogen) atoms. The molecule has 2 aromatic carbocycles. The van der Waals surface area contributed by atoms with E-state index < -0.39 is 5.60 Å². The Morgan fingerprint density at radius 3 is 2.85 bits per heavy atom. The molecule has 4 heterocycles. The van der Waals surface area contributed by atoms with E-state index in [0.717, 1.165) is 48.3 Å². The molecule has 0 radical (unpaired) electrons. The van der Waals surface area contributed by atoms with Crippen LogP contribution in [0.3, 0.4) is 0 Å². The average Bonchev–Trinajstić information content (AvgIpc) is 3.46. The fourth-order valence-corrected chi connectivity index (χ4v) is 5.40. The summed E-state index contributed by atoms with van der Waals surface area (Å²) in [7, 11) is 4.15. The van der Waals surface area contributed by atoms with Crippen LogP contribution in [-0.2, 0) is 18.7 Å². The number of fused-ring (bicyclic) bond motifs is 7. The van der Waals surface area contributed by atoms with Crippen LogP contribution in [0.4, 0.5) is 11.6 Å². The summed E-state index contributed by atoms with van der Waals surface area (Å²) in [4.78, 5) is 25.0. The minimum Gasteiger partial charge on any atom is -0.385 e. The molecule has 9 nitrogen and oxygen atoms in total. The van der Waals surface area contributed by atoms with Crippen molar-refractivity contribution < 1.29 is 5.11 Å². The number of nitrogens with zero attached hydrogens (tertiary/aromatic N) is 6. The Kier molecular flexibility index (Phi) is 6.77. The topological polar surface area (TPSA) is 93.1 Å². The molecule has 0 saturated carbocycles. The summed E-state index contributed by atoms with van der Waals surface area (Å²) in [6.45, 7) is 4.15. The number of likely N-dealkylation sites (N-methyl/N-ethyl adjacent to an activating group) is 1. The second-order valence-corrected chi connectivity index (χ2v) is 11.0. The largest absolute Gasteiger partial charge is 0.385 e. The molecule has 1 aliphatic heterocycles. The molecule has 5 aromatic rings. The van der Waals surface area contributed by atoms with Crippen LogP contribution in [-0.4, -0.2) is 54.5 Å². The zero-order valence-corrected chi connectivity index (χ0v) is 23.2. The van der Waals surface area contributed by atoms with Gasteiger partial charge in [0.05, 0.1) is 17.8 Å². The summed E-state index contributed by atoms with van der Waals surface area (Å²) in [6.07, 6.45) is 10.1. The maximum Gasteiger partial charge on any atom is 0.278 e. The molecule has 0 fully saturated rings. The molecule has 1 unspecified atom stereocenters. The molecule has 1 atom stereocenters. The van der Waals surface area contributed by atoms with E-state index in [1.54, 1.807) is 10.9 Å². The van der Waals surface area contributed by atoms with Crippen molar-refractivity contribution in [1.82, 2.24) is 28.8 Å². The van der Waals surface area contributed by atoms with Crippen molar-refractivity contribution in [3.63, 3.8) is 0 Å². The first-order valence-corrected chi connectivity index (χ1v) is 13.8. The third-order valence-corrected chi connectivity index (χ3v) is 7.68. The van der Waals surface area contributed by atoms with Crippen LogP contribution in [0.25, 0.3) is 27.6 Å². The standard InChI is InChI=1S/C31H35N7O2/c1-31(40)14-6-4-5-7-15-37-29(39)26-21-32-30(34-28(26)38(37)25-10-8-9-23(31)20-25)33-24-11-12-27-22(19-24)13-16-36(27)18-17-35(2)3/h5,7-13,16,19-21,40H,4,6,14-15,17-18H2,1-3H3,(H,32,33,34). The van der Waals surface area contributed by atoms with Crippen molar-refractivity contribution in [3.8, 4) is 5.69 Å². The molecular formula is C31H35N7O2. The predicted octanol–water partition coefficient (Wildman–Crippen LogP) is 4.79. The number of anilines is 2. The third-order valence-electron chi connectivity index (χ3n) is 7.68. The highest BCUT2D eigenvalue weighted by atomic mass is 16.3. The van der Waals surface area contributed by atoms with E-state index in [9.17, 15) is 9.90 Å². The number of rotatable bonds is 5. The van der Waals surface area contributed by atoms with E-state index in [2.05, 4.69) is 64.3 Å². The van der Waals surface area contributed by atoms with Gasteiger partial charge in [0, 0.05) is 42.1 Å². The Morgan fingerprint density at radius 2 is 2.00 bits per heavy atom. The predicted molar refractivity (Wildman–Crippen MR) is 159 cm³/mol. The van der Waals surface area contributed by atoms with Gasteiger partial charge in [-0.3, -0.25) is 4.79 Å². The van der Waals surface area contributed by atoms with E-state index in [4.69, 9.17) is 4.98 Å². The molecule has 0 aliphatic carbocycles. The first kappa shape index (κ1) is 26.0. The smallest absolute Gasteiger partial charge is 0.278 e. The van der Waals surface area contributed by atoms with Crippen LogP contribution in [0, 0.1) is 0 Å². The van der Waals surface area contributed by atoms with Crippen LogP contribution in [0.5, 0.6) is 0 Å². The van der Waals surface area contributed by atoms with Crippen molar-refractivity contribution in [2.24, 2.45) is 0 Å². The van der Waals surface area contributed by atoms with E-state index in [-0.39, 0.29) is 5.56 Å². The van der Waals surface area contributed by atoms with Crippen LogP contribution >= 0.6 is 0 Å². The third kappa shape index (κ3) is 4.94. The van der Waals surface area contributed by atoms with Gasteiger partial charge in [-0.2, -0.15) is 4.98 Å². The molecule has 9 heteroatoms. The highest BCUT2D eigenvalue weighted by Crippen LogP contribution is 2.30. The maximum absolute atomic E-state index is 13.5. The van der Waals surface area contributed by atoms with Gasteiger partial charge in [-0.15, -0.1) is 0 Å². The summed E-state index contributed by atoms with van der Waals surface area (Å²) >= 11 is 0. The second-order valence-electron chi connectivity index (χ2n) is 11.0. The lowest BCUT2D eigenvalue weighted by atomic mass is 9.90. The molecule has 6 rings (SSSR count). The Morgan fingerprint density at radius 1 is 1.12 bits per heavy atom. The summed E-state index contributed by atoms with van der Waals surface area (Å²) in [6, 6.07) is 16.1. The quantitative estimate of drug-likeness (QED) is 0.313. The molecule has 0 amide bonds. The molecule has 1 aliphatic rings. The monoisotopic (exact) mass is 537 g/mol. The zero-order chi connectivity index (χ0) is 27.9. The van der Waals surface area contributed by atoms with E-state index in [1.165, 1.54) is 5.52 Å². The van der Waals surface area contributed by atoms with Gasteiger partial charge in [-0.25, -0.2) is 14.3 Å². The normalized spacial score (nSPS) is 17.6. The highest BCUT2D eigenvalue weighted by molar-refractivity contribution is 5.85. The van der Waals surface area contributed by atoms with Gasteiger partial charge in [0.15, 0.2) is 5.65 Å². The maximum atomic E-state index is 13.5. The summed E-state index contributed by atoms with van der Waals surface area (Å²) in [5, 5.41) is 16.1. The molecule has 0 spiro atoms. The Hall–Kier alpha value is -4.21. The van der Waals surface area contributed by atoms with Crippen LogP contribution in [0.2, 0.25) is 0 Å². The molecule has 2 N–H and O–H groups in total. The van der Waals surface area contributed by atoms with E-state index in [0.29, 0.717) is 29.9 Å². The second kappa shape index (κ2) is 10.4. The van der Waals surface area contributed by atoms with Gasteiger partial charge in [0.2, 0.25) is 5.95 Å². The average molecular weight is 538 g/mol. The SMILES string of the molecule is CN(C)CCn1ccc2cc(Nc3ncc4c(=O)n5n(c4n3)-c3cccc(c3)C(C)(O)CCCC=CC5)ccc21. The number of aromatic nitrogens is 5. The number of hydrogen-bond donors (Lipinski definition) is 2.